The Morgan fingerprint density at radius 2 is 2.05 bits per heavy atom. The first-order valence-electron chi connectivity index (χ1n) is 6.97. The zero-order valence-corrected chi connectivity index (χ0v) is 12.3. The monoisotopic (exact) mass is 278 g/mol. The van der Waals surface area contributed by atoms with Crippen molar-refractivity contribution in [2.24, 2.45) is 0 Å². The van der Waals surface area contributed by atoms with Gasteiger partial charge in [-0.25, -0.2) is 4.98 Å². The van der Waals surface area contributed by atoms with Crippen molar-refractivity contribution < 1.29 is 14.3 Å². The molecular weight excluding hydrogens is 256 g/mol. The number of aromatic nitrogens is 1. The number of pyridine rings is 1. The van der Waals surface area contributed by atoms with Gasteiger partial charge in [-0.2, -0.15) is 0 Å². The number of amides is 1. The molecule has 2 rings (SSSR count). The van der Waals surface area contributed by atoms with Gasteiger partial charge in [0.25, 0.3) is 5.91 Å². The van der Waals surface area contributed by atoms with Crippen molar-refractivity contribution in [3.05, 3.63) is 23.9 Å². The highest BCUT2D eigenvalue weighted by atomic mass is 16.5. The lowest BCUT2D eigenvalue weighted by Gasteiger charge is -2.23. The van der Waals surface area contributed by atoms with E-state index in [2.05, 4.69) is 10.3 Å². The minimum atomic E-state index is -0.256. The van der Waals surface area contributed by atoms with Crippen molar-refractivity contribution in [2.75, 3.05) is 13.2 Å². The predicted octanol–water partition coefficient (Wildman–Crippen LogP) is 2.17. The largest absolute Gasteiger partial charge is 0.474 e. The molecule has 1 N–H and O–H groups in total. The lowest BCUT2D eigenvalue weighted by molar-refractivity contribution is 0.0237. The van der Waals surface area contributed by atoms with E-state index in [-0.39, 0.29) is 17.6 Å². The van der Waals surface area contributed by atoms with Gasteiger partial charge in [-0.1, -0.05) is 0 Å². The van der Waals surface area contributed by atoms with Gasteiger partial charge in [0, 0.05) is 30.6 Å². The molecule has 1 aliphatic heterocycles. The highest BCUT2D eigenvalue weighted by molar-refractivity contribution is 5.94. The number of nitrogens with zero attached hydrogens (tertiary/aromatic N) is 1. The van der Waals surface area contributed by atoms with Gasteiger partial charge in [-0.3, -0.25) is 4.79 Å². The van der Waals surface area contributed by atoms with Crippen LogP contribution in [0.4, 0.5) is 0 Å². The maximum Gasteiger partial charge on any atom is 0.253 e. The average Bonchev–Trinajstić information content (AvgIpc) is 2.39. The SMILES string of the molecule is CC(C)(C)NC(=O)c1ccc(OC2CCOCC2)nc1. The second-order valence-electron chi connectivity index (χ2n) is 6.02. The Labute approximate surface area is 119 Å². The zero-order chi connectivity index (χ0) is 14.6. The summed E-state index contributed by atoms with van der Waals surface area (Å²) in [5, 5.41) is 2.90. The maximum atomic E-state index is 12.0. The second kappa shape index (κ2) is 6.22. The van der Waals surface area contributed by atoms with E-state index >= 15 is 0 Å². The third-order valence-corrected chi connectivity index (χ3v) is 2.94. The summed E-state index contributed by atoms with van der Waals surface area (Å²) in [7, 11) is 0. The molecule has 0 aromatic carbocycles. The van der Waals surface area contributed by atoms with Crippen molar-refractivity contribution in [1.29, 1.82) is 0 Å². The highest BCUT2D eigenvalue weighted by Crippen LogP contribution is 2.16. The molecule has 0 spiro atoms. The molecule has 0 unspecified atom stereocenters. The molecule has 5 nitrogen and oxygen atoms in total. The van der Waals surface area contributed by atoms with Crippen LogP contribution < -0.4 is 10.1 Å². The van der Waals surface area contributed by atoms with Crippen molar-refractivity contribution in [3.63, 3.8) is 0 Å². The first-order valence-corrected chi connectivity index (χ1v) is 6.97. The molecule has 2 heterocycles. The number of ether oxygens (including phenoxy) is 2. The third-order valence-electron chi connectivity index (χ3n) is 2.94. The predicted molar refractivity (Wildman–Crippen MR) is 75.9 cm³/mol. The van der Waals surface area contributed by atoms with Gasteiger partial charge in [-0.15, -0.1) is 0 Å². The van der Waals surface area contributed by atoms with Crippen LogP contribution in [-0.4, -0.2) is 35.7 Å². The highest BCUT2D eigenvalue weighted by Gasteiger charge is 2.17. The van der Waals surface area contributed by atoms with Gasteiger partial charge in [0.05, 0.1) is 18.8 Å². The molecule has 1 aromatic heterocycles. The summed E-state index contributed by atoms with van der Waals surface area (Å²) in [5.41, 5.74) is 0.285. The smallest absolute Gasteiger partial charge is 0.253 e. The molecular formula is C15H22N2O3. The van der Waals surface area contributed by atoms with Crippen LogP contribution >= 0.6 is 0 Å². The average molecular weight is 278 g/mol. The van der Waals surface area contributed by atoms with Crippen molar-refractivity contribution in [2.45, 2.75) is 45.3 Å². The standard InChI is InChI=1S/C15H22N2O3/c1-15(2,3)17-14(18)11-4-5-13(16-10-11)20-12-6-8-19-9-7-12/h4-5,10,12H,6-9H2,1-3H3,(H,17,18). The van der Waals surface area contributed by atoms with E-state index in [0.717, 1.165) is 26.1 Å². The molecule has 1 saturated heterocycles. The van der Waals surface area contributed by atoms with Gasteiger partial charge >= 0.3 is 0 Å². The topological polar surface area (TPSA) is 60.5 Å². The van der Waals surface area contributed by atoms with E-state index in [1.807, 2.05) is 20.8 Å². The van der Waals surface area contributed by atoms with Crippen LogP contribution in [0.1, 0.15) is 44.0 Å². The summed E-state index contributed by atoms with van der Waals surface area (Å²) in [6, 6.07) is 3.48. The first-order chi connectivity index (χ1) is 9.44. The van der Waals surface area contributed by atoms with Crippen LogP contribution in [0.15, 0.2) is 18.3 Å². The minimum absolute atomic E-state index is 0.123. The number of nitrogens with one attached hydrogen (secondary N) is 1. The number of carbonyl (C=O) groups is 1. The summed E-state index contributed by atoms with van der Waals surface area (Å²) in [5.74, 6) is 0.437. The van der Waals surface area contributed by atoms with Gasteiger partial charge in [0.2, 0.25) is 5.88 Å². The van der Waals surface area contributed by atoms with E-state index in [1.54, 1.807) is 18.3 Å². The van der Waals surface area contributed by atoms with Crippen molar-refractivity contribution in [3.8, 4) is 5.88 Å². The third kappa shape index (κ3) is 4.49. The Balaban J connectivity index is 1.93. The van der Waals surface area contributed by atoms with Gasteiger partial charge in [-0.05, 0) is 26.8 Å². The zero-order valence-electron chi connectivity index (χ0n) is 12.3. The van der Waals surface area contributed by atoms with E-state index in [9.17, 15) is 4.79 Å². The molecule has 0 radical (unpaired) electrons. The van der Waals surface area contributed by atoms with Crippen LogP contribution in [0.25, 0.3) is 0 Å². The lowest BCUT2D eigenvalue weighted by Crippen LogP contribution is -2.40. The van der Waals surface area contributed by atoms with Crippen LogP contribution in [0.3, 0.4) is 0 Å². The number of carbonyl (C=O) groups excluding carboxylic acids is 1. The van der Waals surface area contributed by atoms with Crippen LogP contribution in [-0.2, 0) is 4.74 Å². The molecule has 1 aliphatic rings. The van der Waals surface area contributed by atoms with Crippen LogP contribution in [0.2, 0.25) is 0 Å². The van der Waals surface area contributed by atoms with Crippen molar-refractivity contribution >= 4 is 5.91 Å². The normalized spacial score (nSPS) is 16.8. The molecule has 110 valence electrons. The fraction of sp³-hybridized carbons (Fsp3) is 0.600. The summed E-state index contributed by atoms with van der Waals surface area (Å²) in [6.45, 7) is 7.30. The maximum absolute atomic E-state index is 12.0. The van der Waals surface area contributed by atoms with Crippen LogP contribution in [0.5, 0.6) is 5.88 Å². The molecule has 0 aliphatic carbocycles. The Hall–Kier alpha value is -1.62. The van der Waals surface area contributed by atoms with E-state index in [1.165, 1.54) is 0 Å². The molecule has 5 heteroatoms. The molecule has 0 atom stereocenters. The molecule has 1 aromatic rings. The van der Waals surface area contributed by atoms with E-state index in [0.29, 0.717) is 11.4 Å². The Morgan fingerprint density at radius 3 is 2.60 bits per heavy atom. The molecule has 1 amide bonds. The first kappa shape index (κ1) is 14.8. The summed E-state index contributed by atoms with van der Waals surface area (Å²) in [6.07, 6.45) is 3.47. The Kier molecular flexibility index (Phi) is 4.60. The molecule has 0 bridgehead atoms. The van der Waals surface area contributed by atoms with E-state index in [4.69, 9.17) is 9.47 Å². The fourth-order valence-electron chi connectivity index (χ4n) is 1.96. The summed E-state index contributed by atoms with van der Waals surface area (Å²) in [4.78, 5) is 16.2. The Morgan fingerprint density at radius 1 is 1.35 bits per heavy atom. The fourth-order valence-corrected chi connectivity index (χ4v) is 1.96. The molecule has 20 heavy (non-hydrogen) atoms. The second-order valence-corrected chi connectivity index (χ2v) is 6.02. The number of hydrogen-bond acceptors (Lipinski definition) is 4. The Bertz CT molecular complexity index is 445. The minimum Gasteiger partial charge on any atom is -0.474 e. The van der Waals surface area contributed by atoms with Crippen LogP contribution in [0, 0.1) is 0 Å². The number of rotatable bonds is 3. The molecule has 1 fully saturated rings. The van der Waals surface area contributed by atoms with Gasteiger partial charge < -0.3 is 14.8 Å². The van der Waals surface area contributed by atoms with Crippen molar-refractivity contribution in [1.82, 2.24) is 10.3 Å². The van der Waals surface area contributed by atoms with Gasteiger partial charge in [0.1, 0.15) is 6.10 Å². The number of hydrogen-bond donors (Lipinski definition) is 1. The van der Waals surface area contributed by atoms with E-state index < -0.39 is 0 Å². The van der Waals surface area contributed by atoms with Gasteiger partial charge in [0.15, 0.2) is 0 Å². The quantitative estimate of drug-likeness (QED) is 0.920. The molecule has 0 saturated carbocycles. The lowest BCUT2D eigenvalue weighted by atomic mass is 10.1. The summed E-state index contributed by atoms with van der Waals surface area (Å²) >= 11 is 0. The summed E-state index contributed by atoms with van der Waals surface area (Å²) < 4.78 is 11.0.